The van der Waals surface area contributed by atoms with Crippen molar-refractivity contribution in [3.05, 3.63) is 60.3 Å². The molecule has 2 rings (SSSR count). The molecule has 1 N–H and O–H groups in total. The molecule has 1 aromatic heterocycles. The Morgan fingerprint density at radius 1 is 1.25 bits per heavy atom. The van der Waals surface area contributed by atoms with E-state index in [1.54, 1.807) is 18.2 Å². The molecule has 2 aromatic rings. The molecular formula is C14H14Cl2N2O2. The maximum absolute atomic E-state index is 12.4. The number of nitrogens with zero attached hydrogens (tertiary/aromatic N) is 1. The van der Waals surface area contributed by atoms with Crippen molar-refractivity contribution in [2.24, 2.45) is 0 Å². The van der Waals surface area contributed by atoms with Crippen LogP contribution in [0.1, 0.15) is 24.5 Å². The van der Waals surface area contributed by atoms with Gasteiger partial charge in [-0.3, -0.25) is 9.78 Å². The van der Waals surface area contributed by atoms with Crippen LogP contribution in [0, 0.1) is 6.92 Å². The predicted octanol–water partition coefficient (Wildman–Crippen LogP) is 3.09. The smallest absolute Gasteiger partial charge is 0.297 e. The highest BCUT2D eigenvalue weighted by molar-refractivity contribution is 6.31. The Kier molecular flexibility index (Phi) is 4.35. The van der Waals surface area contributed by atoms with Crippen LogP contribution < -0.4 is 11.2 Å². The van der Waals surface area contributed by atoms with Crippen LogP contribution in [0.25, 0.3) is 5.69 Å². The minimum atomic E-state index is -0.570. The van der Waals surface area contributed by atoms with Crippen LogP contribution in [0.2, 0.25) is 10.2 Å². The fraction of sp³-hybridized carbons (Fsp3) is 0.286. The highest BCUT2D eigenvalue weighted by Crippen LogP contribution is 2.18. The first-order valence-electron chi connectivity index (χ1n) is 6.26. The quantitative estimate of drug-likeness (QED) is 0.885. The summed E-state index contributed by atoms with van der Waals surface area (Å²) in [6.45, 7) is 3.79. The van der Waals surface area contributed by atoms with Crippen molar-refractivity contribution in [3.8, 4) is 5.69 Å². The summed E-state index contributed by atoms with van der Waals surface area (Å²) in [5.41, 5.74) is 0.745. The Bertz CT molecular complexity index is 763. The molecular weight excluding hydrogens is 299 g/mol. The molecule has 0 aliphatic carbocycles. The Labute approximate surface area is 126 Å². The molecule has 0 aliphatic heterocycles. The molecule has 0 bridgehead atoms. The molecule has 1 heterocycles. The summed E-state index contributed by atoms with van der Waals surface area (Å²) in [5.74, 6) is 0. The predicted molar refractivity (Wildman–Crippen MR) is 81.4 cm³/mol. The zero-order valence-corrected chi connectivity index (χ0v) is 12.7. The molecule has 0 unspecified atom stereocenters. The van der Waals surface area contributed by atoms with Crippen molar-refractivity contribution >= 4 is 23.2 Å². The second-order valence-corrected chi connectivity index (χ2v) is 5.33. The van der Waals surface area contributed by atoms with Crippen molar-refractivity contribution in [3.63, 3.8) is 0 Å². The van der Waals surface area contributed by atoms with Gasteiger partial charge < -0.3 is 0 Å². The lowest BCUT2D eigenvalue weighted by Crippen LogP contribution is -2.36. The lowest BCUT2D eigenvalue weighted by molar-refractivity contribution is 0.811. The summed E-state index contributed by atoms with van der Waals surface area (Å²) in [6.07, 6.45) is 1.27. The van der Waals surface area contributed by atoms with Crippen molar-refractivity contribution < 1.29 is 0 Å². The molecule has 0 saturated heterocycles. The first-order chi connectivity index (χ1) is 9.45. The maximum atomic E-state index is 12.4. The SMILES string of the molecule is CCCc1c(Cl)[nH]c(=O)n(-c2ccc(C)c(Cl)c2)c1=O. The Morgan fingerprint density at radius 2 is 1.95 bits per heavy atom. The maximum Gasteiger partial charge on any atom is 0.334 e. The number of halogens is 2. The second kappa shape index (κ2) is 5.85. The molecule has 0 spiro atoms. The van der Waals surface area contributed by atoms with Crippen molar-refractivity contribution in [1.82, 2.24) is 9.55 Å². The molecule has 0 atom stereocenters. The van der Waals surface area contributed by atoms with Gasteiger partial charge in [0, 0.05) is 5.02 Å². The first kappa shape index (κ1) is 14.9. The normalized spacial score (nSPS) is 10.8. The van der Waals surface area contributed by atoms with Gasteiger partial charge >= 0.3 is 5.69 Å². The largest absolute Gasteiger partial charge is 0.334 e. The van der Waals surface area contributed by atoms with E-state index in [0.29, 0.717) is 22.7 Å². The van der Waals surface area contributed by atoms with Gasteiger partial charge in [-0.2, -0.15) is 0 Å². The summed E-state index contributed by atoms with van der Waals surface area (Å²) in [7, 11) is 0. The van der Waals surface area contributed by atoms with Gasteiger partial charge in [0.15, 0.2) is 0 Å². The minimum Gasteiger partial charge on any atom is -0.297 e. The van der Waals surface area contributed by atoms with Crippen LogP contribution in [0.4, 0.5) is 0 Å². The van der Waals surface area contributed by atoms with E-state index in [1.165, 1.54) is 0 Å². The van der Waals surface area contributed by atoms with Crippen LogP contribution in [-0.2, 0) is 6.42 Å². The van der Waals surface area contributed by atoms with Gasteiger partial charge in [0.05, 0.1) is 11.3 Å². The van der Waals surface area contributed by atoms with Crippen LogP contribution in [0.3, 0.4) is 0 Å². The molecule has 0 aliphatic rings. The zero-order chi connectivity index (χ0) is 14.9. The fourth-order valence-corrected chi connectivity index (χ4v) is 2.40. The number of hydrogen-bond acceptors (Lipinski definition) is 2. The third-order valence-corrected chi connectivity index (χ3v) is 3.79. The van der Waals surface area contributed by atoms with E-state index >= 15 is 0 Å². The topological polar surface area (TPSA) is 54.9 Å². The molecule has 0 saturated carbocycles. The number of H-pyrrole nitrogens is 1. The minimum absolute atomic E-state index is 0.108. The summed E-state index contributed by atoms with van der Waals surface area (Å²) in [6, 6.07) is 5.04. The van der Waals surface area contributed by atoms with Crippen molar-refractivity contribution in [2.75, 3.05) is 0 Å². The number of aryl methyl sites for hydroxylation is 1. The monoisotopic (exact) mass is 312 g/mol. The van der Waals surface area contributed by atoms with E-state index in [2.05, 4.69) is 4.98 Å². The third-order valence-electron chi connectivity index (χ3n) is 3.06. The van der Waals surface area contributed by atoms with Gasteiger partial charge in [-0.15, -0.1) is 0 Å². The van der Waals surface area contributed by atoms with E-state index < -0.39 is 11.2 Å². The number of benzene rings is 1. The fourth-order valence-electron chi connectivity index (χ4n) is 1.97. The van der Waals surface area contributed by atoms with Crippen LogP contribution >= 0.6 is 23.2 Å². The highest BCUT2D eigenvalue weighted by atomic mass is 35.5. The lowest BCUT2D eigenvalue weighted by atomic mass is 10.2. The molecule has 0 radical (unpaired) electrons. The van der Waals surface area contributed by atoms with Crippen LogP contribution in [0.15, 0.2) is 27.8 Å². The number of hydrogen-bond donors (Lipinski definition) is 1. The zero-order valence-electron chi connectivity index (χ0n) is 11.2. The van der Waals surface area contributed by atoms with Crippen LogP contribution in [-0.4, -0.2) is 9.55 Å². The van der Waals surface area contributed by atoms with Gasteiger partial charge in [0.25, 0.3) is 5.56 Å². The Balaban J connectivity index is 2.73. The van der Waals surface area contributed by atoms with E-state index in [4.69, 9.17) is 23.2 Å². The highest BCUT2D eigenvalue weighted by Gasteiger charge is 2.13. The number of nitrogens with one attached hydrogen (secondary N) is 1. The number of rotatable bonds is 3. The molecule has 0 fully saturated rings. The van der Waals surface area contributed by atoms with E-state index in [1.807, 2.05) is 13.8 Å². The molecule has 1 aromatic carbocycles. The first-order valence-corrected chi connectivity index (χ1v) is 7.01. The average molecular weight is 313 g/mol. The van der Waals surface area contributed by atoms with Gasteiger partial charge in [-0.1, -0.05) is 42.6 Å². The van der Waals surface area contributed by atoms with Gasteiger partial charge in [0.2, 0.25) is 0 Å². The van der Waals surface area contributed by atoms with Gasteiger partial charge in [-0.25, -0.2) is 9.36 Å². The van der Waals surface area contributed by atoms with Crippen LogP contribution in [0.5, 0.6) is 0 Å². The van der Waals surface area contributed by atoms with E-state index in [9.17, 15) is 9.59 Å². The van der Waals surface area contributed by atoms with Crippen molar-refractivity contribution in [2.45, 2.75) is 26.7 Å². The van der Waals surface area contributed by atoms with E-state index in [0.717, 1.165) is 16.6 Å². The summed E-state index contributed by atoms with van der Waals surface area (Å²) >= 11 is 12.0. The average Bonchev–Trinajstić information content (AvgIpc) is 2.38. The van der Waals surface area contributed by atoms with Gasteiger partial charge in [-0.05, 0) is 31.0 Å². The molecule has 0 amide bonds. The summed E-state index contributed by atoms with van der Waals surface area (Å²) < 4.78 is 1.06. The molecule has 20 heavy (non-hydrogen) atoms. The third kappa shape index (κ3) is 2.67. The molecule has 4 nitrogen and oxygen atoms in total. The standard InChI is InChI=1S/C14H14Cl2N2O2/c1-3-4-10-12(16)17-14(20)18(13(10)19)9-6-5-8(2)11(15)7-9/h5-7H,3-4H2,1-2H3,(H,17,20). The molecule has 6 heteroatoms. The van der Waals surface area contributed by atoms with Crippen molar-refractivity contribution in [1.29, 1.82) is 0 Å². The number of aromatic amines is 1. The second-order valence-electron chi connectivity index (χ2n) is 4.55. The Morgan fingerprint density at radius 3 is 2.55 bits per heavy atom. The lowest BCUT2D eigenvalue weighted by Gasteiger charge is -2.09. The van der Waals surface area contributed by atoms with E-state index in [-0.39, 0.29) is 5.15 Å². The summed E-state index contributed by atoms with van der Waals surface area (Å²) in [4.78, 5) is 26.9. The Hall–Kier alpha value is -1.52. The number of aromatic nitrogens is 2. The summed E-state index contributed by atoms with van der Waals surface area (Å²) in [5, 5.41) is 0.608. The molecule has 106 valence electrons. The van der Waals surface area contributed by atoms with Gasteiger partial charge in [0.1, 0.15) is 5.15 Å².